The standard InChI is InChI=1S/C17H28N4O.ClH/c1-14(15-6-3-2-4-7-15)20-16(22)17(8-11-18-12-9-17)21-13-5-10-19-21;/h5,10,13-15,18H,2-4,6-9,11-12H2,1H3,(H,20,22);1H. The van der Waals surface area contributed by atoms with Crippen molar-refractivity contribution in [2.24, 2.45) is 5.92 Å². The van der Waals surface area contributed by atoms with Gasteiger partial charge in [-0.15, -0.1) is 12.4 Å². The van der Waals surface area contributed by atoms with Gasteiger partial charge in [0, 0.05) is 18.4 Å². The molecule has 1 aromatic rings. The third-order valence-corrected chi connectivity index (χ3v) is 5.51. The molecule has 0 bridgehead atoms. The van der Waals surface area contributed by atoms with Crippen LogP contribution >= 0.6 is 12.4 Å². The molecule has 1 unspecified atom stereocenters. The van der Waals surface area contributed by atoms with E-state index in [1.165, 1.54) is 32.1 Å². The monoisotopic (exact) mass is 340 g/mol. The van der Waals surface area contributed by atoms with Crippen molar-refractivity contribution in [1.29, 1.82) is 0 Å². The third kappa shape index (κ3) is 3.89. The Balaban J connectivity index is 0.00000192. The molecule has 1 amide bonds. The van der Waals surface area contributed by atoms with E-state index >= 15 is 0 Å². The second-order valence-electron chi connectivity index (χ2n) is 6.89. The Labute approximate surface area is 145 Å². The number of rotatable bonds is 4. The lowest BCUT2D eigenvalue weighted by Crippen LogP contribution is -2.57. The van der Waals surface area contributed by atoms with Gasteiger partial charge in [0.25, 0.3) is 0 Å². The quantitative estimate of drug-likeness (QED) is 0.885. The van der Waals surface area contributed by atoms with Crippen LogP contribution in [-0.4, -0.2) is 34.8 Å². The summed E-state index contributed by atoms with van der Waals surface area (Å²) in [5.74, 6) is 0.782. The van der Waals surface area contributed by atoms with Gasteiger partial charge in [-0.25, -0.2) is 0 Å². The van der Waals surface area contributed by atoms with Crippen LogP contribution in [0.2, 0.25) is 0 Å². The highest BCUT2D eigenvalue weighted by molar-refractivity contribution is 5.85. The molecule has 1 aromatic heterocycles. The van der Waals surface area contributed by atoms with E-state index in [1.54, 1.807) is 6.20 Å². The van der Waals surface area contributed by atoms with E-state index < -0.39 is 5.54 Å². The molecule has 5 nitrogen and oxygen atoms in total. The number of hydrogen-bond donors (Lipinski definition) is 2. The molecule has 23 heavy (non-hydrogen) atoms. The van der Waals surface area contributed by atoms with Crippen LogP contribution in [0.1, 0.15) is 51.9 Å². The van der Waals surface area contributed by atoms with Gasteiger partial charge < -0.3 is 10.6 Å². The van der Waals surface area contributed by atoms with Gasteiger partial charge in [-0.05, 0) is 57.7 Å². The number of nitrogens with zero attached hydrogens (tertiary/aromatic N) is 2. The Kier molecular flexibility index (Phi) is 6.48. The lowest BCUT2D eigenvalue weighted by molar-refractivity contribution is -0.133. The Morgan fingerprint density at radius 2 is 2.00 bits per heavy atom. The van der Waals surface area contributed by atoms with Crippen molar-refractivity contribution in [2.45, 2.75) is 63.5 Å². The van der Waals surface area contributed by atoms with E-state index in [9.17, 15) is 4.79 Å². The van der Waals surface area contributed by atoms with Crippen molar-refractivity contribution in [1.82, 2.24) is 20.4 Å². The predicted octanol–water partition coefficient (Wildman–Crippen LogP) is 2.47. The maximum atomic E-state index is 13.1. The van der Waals surface area contributed by atoms with E-state index in [-0.39, 0.29) is 24.4 Å². The van der Waals surface area contributed by atoms with Gasteiger partial charge >= 0.3 is 0 Å². The Hall–Kier alpha value is -1.07. The number of amides is 1. The van der Waals surface area contributed by atoms with Crippen LogP contribution < -0.4 is 10.6 Å². The molecule has 3 rings (SSSR count). The fraction of sp³-hybridized carbons (Fsp3) is 0.765. The second-order valence-corrected chi connectivity index (χ2v) is 6.89. The van der Waals surface area contributed by atoms with Crippen molar-refractivity contribution < 1.29 is 4.79 Å². The normalized spacial score (nSPS) is 22.8. The predicted molar refractivity (Wildman–Crippen MR) is 93.7 cm³/mol. The van der Waals surface area contributed by atoms with E-state index in [4.69, 9.17) is 0 Å². The topological polar surface area (TPSA) is 59.0 Å². The zero-order chi connectivity index (χ0) is 15.4. The van der Waals surface area contributed by atoms with Crippen LogP contribution in [0.15, 0.2) is 18.5 Å². The maximum Gasteiger partial charge on any atom is 0.248 e. The summed E-state index contributed by atoms with van der Waals surface area (Å²) in [5.41, 5.74) is -0.516. The first-order valence-electron chi connectivity index (χ1n) is 8.74. The summed E-state index contributed by atoms with van der Waals surface area (Å²) in [7, 11) is 0. The Morgan fingerprint density at radius 3 is 2.61 bits per heavy atom. The summed E-state index contributed by atoms with van der Waals surface area (Å²) in [6.07, 6.45) is 11.8. The van der Waals surface area contributed by atoms with E-state index in [0.29, 0.717) is 5.92 Å². The fourth-order valence-electron chi connectivity index (χ4n) is 4.02. The number of halogens is 1. The average molecular weight is 341 g/mol. The van der Waals surface area contributed by atoms with Crippen molar-refractivity contribution in [3.8, 4) is 0 Å². The molecular weight excluding hydrogens is 312 g/mol. The van der Waals surface area contributed by atoms with Crippen LogP contribution in [0.4, 0.5) is 0 Å². The molecule has 1 saturated carbocycles. The SMILES string of the molecule is CC(NC(=O)C1(n2cccn2)CCNCC1)C1CCCCC1.Cl. The van der Waals surface area contributed by atoms with Gasteiger partial charge in [0.15, 0.2) is 0 Å². The summed E-state index contributed by atoms with van der Waals surface area (Å²) >= 11 is 0. The summed E-state index contributed by atoms with van der Waals surface area (Å²) in [6.45, 7) is 3.90. The molecule has 2 heterocycles. The summed E-state index contributed by atoms with van der Waals surface area (Å²) in [6, 6.07) is 2.16. The average Bonchev–Trinajstić information content (AvgIpc) is 3.11. The van der Waals surface area contributed by atoms with Crippen LogP contribution in [0.25, 0.3) is 0 Å². The minimum Gasteiger partial charge on any atom is -0.351 e. The van der Waals surface area contributed by atoms with E-state index in [0.717, 1.165) is 25.9 Å². The second kappa shape index (κ2) is 8.15. The largest absolute Gasteiger partial charge is 0.351 e. The lowest BCUT2D eigenvalue weighted by Gasteiger charge is -2.38. The van der Waals surface area contributed by atoms with Crippen molar-refractivity contribution in [3.63, 3.8) is 0 Å². The Bertz CT molecular complexity index is 479. The number of piperidine rings is 1. The first-order valence-corrected chi connectivity index (χ1v) is 8.74. The highest BCUT2D eigenvalue weighted by atomic mass is 35.5. The molecule has 1 aliphatic carbocycles. The maximum absolute atomic E-state index is 13.1. The highest BCUT2D eigenvalue weighted by Gasteiger charge is 2.42. The summed E-state index contributed by atoms with van der Waals surface area (Å²) < 4.78 is 1.87. The number of carbonyl (C=O) groups excluding carboxylic acids is 1. The molecule has 2 aliphatic rings. The third-order valence-electron chi connectivity index (χ3n) is 5.51. The summed E-state index contributed by atoms with van der Waals surface area (Å²) in [5, 5.41) is 11.1. The highest BCUT2D eigenvalue weighted by Crippen LogP contribution is 2.30. The molecule has 1 atom stereocenters. The van der Waals surface area contributed by atoms with Gasteiger partial charge in [0.1, 0.15) is 5.54 Å². The Morgan fingerprint density at radius 1 is 1.30 bits per heavy atom. The van der Waals surface area contributed by atoms with Gasteiger partial charge in [0.2, 0.25) is 5.91 Å². The molecule has 2 N–H and O–H groups in total. The molecular formula is C17H29ClN4O. The molecule has 0 radical (unpaired) electrons. The van der Waals surface area contributed by atoms with Crippen molar-refractivity contribution in [3.05, 3.63) is 18.5 Å². The molecule has 0 spiro atoms. The number of nitrogens with one attached hydrogen (secondary N) is 2. The van der Waals surface area contributed by atoms with Crippen LogP contribution in [-0.2, 0) is 10.3 Å². The molecule has 1 saturated heterocycles. The van der Waals surface area contributed by atoms with Crippen LogP contribution in [0, 0.1) is 5.92 Å². The molecule has 130 valence electrons. The lowest BCUT2D eigenvalue weighted by atomic mass is 9.83. The van der Waals surface area contributed by atoms with E-state index in [2.05, 4.69) is 22.7 Å². The van der Waals surface area contributed by atoms with Gasteiger partial charge in [0.05, 0.1) is 0 Å². The van der Waals surface area contributed by atoms with Gasteiger partial charge in [-0.3, -0.25) is 9.48 Å². The zero-order valence-electron chi connectivity index (χ0n) is 14.0. The zero-order valence-corrected chi connectivity index (χ0v) is 14.8. The first kappa shape index (κ1) is 18.3. The first-order chi connectivity index (χ1) is 10.7. The minimum absolute atomic E-state index is 0. The van der Waals surface area contributed by atoms with E-state index in [1.807, 2.05) is 16.9 Å². The van der Waals surface area contributed by atoms with Crippen molar-refractivity contribution >= 4 is 18.3 Å². The smallest absolute Gasteiger partial charge is 0.248 e. The number of carbonyl (C=O) groups is 1. The molecule has 0 aromatic carbocycles. The number of aromatic nitrogens is 2. The van der Waals surface area contributed by atoms with Gasteiger partial charge in [-0.1, -0.05) is 19.3 Å². The molecule has 1 aliphatic heterocycles. The number of hydrogen-bond acceptors (Lipinski definition) is 3. The fourth-order valence-corrected chi connectivity index (χ4v) is 4.02. The van der Waals surface area contributed by atoms with Crippen molar-refractivity contribution in [2.75, 3.05) is 13.1 Å². The van der Waals surface area contributed by atoms with Gasteiger partial charge in [-0.2, -0.15) is 5.10 Å². The molecule has 6 heteroatoms. The summed E-state index contributed by atoms with van der Waals surface area (Å²) in [4.78, 5) is 13.1. The van der Waals surface area contributed by atoms with Crippen LogP contribution in [0.3, 0.4) is 0 Å². The van der Waals surface area contributed by atoms with Crippen LogP contribution in [0.5, 0.6) is 0 Å². The minimum atomic E-state index is -0.516. The molecule has 2 fully saturated rings.